The van der Waals surface area contributed by atoms with Gasteiger partial charge in [-0.2, -0.15) is 0 Å². The third-order valence-electron chi connectivity index (χ3n) is 3.12. The third-order valence-corrected chi connectivity index (χ3v) is 6.33. The minimum Gasteiger partial charge on any atom is -0.399 e. The predicted octanol–water partition coefficient (Wildman–Crippen LogP) is 2.42. The topological polar surface area (TPSA) is 63.4 Å². The zero-order valence-corrected chi connectivity index (χ0v) is 13.3. The van der Waals surface area contributed by atoms with Crippen molar-refractivity contribution in [3.63, 3.8) is 0 Å². The van der Waals surface area contributed by atoms with Crippen molar-refractivity contribution < 1.29 is 8.42 Å². The van der Waals surface area contributed by atoms with Crippen molar-refractivity contribution in [1.29, 1.82) is 0 Å². The summed E-state index contributed by atoms with van der Waals surface area (Å²) in [7, 11) is -1.52. The number of nitrogens with zero attached hydrogens (tertiary/aromatic N) is 1. The van der Waals surface area contributed by atoms with Gasteiger partial charge in [-0.05, 0) is 31.5 Å². The van der Waals surface area contributed by atoms with Crippen LogP contribution >= 0.6 is 11.8 Å². The summed E-state index contributed by atoms with van der Waals surface area (Å²) in [6, 6.07) is 7.53. The van der Waals surface area contributed by atoms with Gasteiger partial charge >= 0.3 is 0 Å². The summed E-state index contributed by atoms with van der Waals surface area (Å²) in [5.74, 6) is 0.680. The standard InChI is InChI=1S/C13H22N2O2S2/c1-4-11(2)15(3)19(16,17)9-8-18-13-7-5-6-12(14)10-13/h5-7,10-11H,4,8-9,14H2,1-3H3. The van der Waals surface area contributed by atoms with Gasteiger partial charge in [-0.3, -0.25) is 0 Å². The predicted molar refractivity (Wildman–Crippen MR) is 82.9 cm³/mol. The Bertz CT molecular complexity index is 503. The summed E-state index contributed by atoms with van der Waals surface area (Å²) in [6.07, 6.45) is 0.818. The van der Waals surface area contributed by atoms with Crippen LogP contribution in [0.25, 0.3) is 0 Å². The highest BCUT2D eigenvalue weighted by Crippen LogP contribution is 2.21. The molecule has 0 fully saturated rings. The van der Waals surface area contributed by atoms with Gasteiger partial charge in [0.2, 0.25) is 10.0 Å². The van der Waals surface area contributed by atoms with Crippen LogP contribution in [0.4, 0.5) is 5.69 Å². The number of hydrogen-bond donors (Lipinski definition) is 1. The lowest BCUT2D eigenvalue weighted by Crippen LogP contribution is -2.36. The molecule has 0 aliphatic carbocycles. The van der Waals surface area contributed by atoms with Crippen molar-refractivity contribution in [3.8, 4) is 0 Å². The molecule has 0 saturated heterocycles. The lowest BCUT2D eigenvalue weighted by Gasteiger charge is -2.23. The van der Waals surface area contributed by atoms with Crippen molar-refractivity contribution in [1.82, 2.24) is 4.31 Å². The number of nitrogen functional groups attached to an aromatic ring is 1. The maximum atomic E-state index is 12.1. The Hall–Kier alpha value is -0.720. The second-order valence-corrected chi connectivity index (χ2v) is 7.83. The quantitative estimate of drug-likeness (QED) is 0.620. The molecule has 0 spiro atoms. The Morgan fingerprint density at radius 1 is 1.42 bits per heavy atom. The lowest BCUT2D eigenvalue weighted by atomic mass is 10.3. The highest BCUT2D eigenvalue weighted by molar-refractivity contribution is 8.00. The first-order valence-electron chi connectivity index (χ1n) is 6.31. The minimum absolute atomic E-state index is 0.0439. The Morgan fingerprint density at radius 3 is 2.68 bits per heavy atom. The molecule has 0 aliphatic rings. The maximum absolute atomic E-state index is 12.1. The number of sulfonamides is 1. The van der Waals surface area contributed by atoms with Crippen LogP contribution in [0.1, 0.15) is 20.3 Å². The van der Waals surface area contributed by atoms with Gasteiger partial charge in [-0.25, -0.2) is 12.7 Å². The van der Waals surface area contributed by atoms with E-state index in [9.17, 15) is 8.42 Å². The molecule has 0 aliphatic heterocycles. The SMILES string of the molecule is CCC(C)N(C)S(=O)(=O)CCSc1cccc(N)c1. The number of hydrogen-bond acceptors (Lipinski definition) is 4. The molecular formula is C13H22N2O2S2. The summed E-state index contributed by atoms with van der Waals surface area (Å²) in [5, 5.41) is 0. The molecule has 1 aromatic carbocycles. The van der Waals surface area contributed by atoms with Gasteiger partial charge in [0.05, 0.1) is 5.75 Å². The first-order valence-corrected chi connectivity index (χ1v) is 8.90. The molecule has 1 rings (SSSR count). The van der Waals surface area contributed by atoms with Crippen molar-refractivity contribution >= 4 is 27.5 Å². The minimum atomic E-state index is -3.17. The van der Waals surface area contributed by atoms with Crippen LogP contribution < -0.4 is 5.73 Å². The maximum Gasteiger partial charge on any atom is 0.214 e. The van der Waals surface area contributed by atoms with Gasteiger partial charge in [0.15, 0.2) is 0 Å². The summed E-state index contributed by atoms with van der Waals surface area (Å²) >= 11 is 1.51. The Balaban J connectivity index is 2.52. The van der Waals surface area contributed by atoms with Crippen molar-refractivity contribution in [2.24, 2.45) is 0 Å². The van der Waals surface area contributed by atoms with Crippen molar-refractivity contribution in [2.45, 2.75) is 31.2 Å². The zero-order chi connectivity index (χ0) is 14.5. The number of benzene rings is 1. The molecule has 0 bridgehead atoms. The molecule has 1 atom stereocenters. The van der Waals surface area contributed by atoms with Gasteiger partial charge in [0.25, 0.3) is 0 Å². The summed E-state index contributed by atoms with van der Waals surface area (Å²) in [4.78, 5) is 1.00. The Labute approximate surface area is 120 Å². The molecular weight excluding hydrogens is 280 g/mol. The Kier molecular flexibility index (Phi) is 6.16. The van der Waals surface area contributed by atoms with Gasteiger partial charge in [-0.1, -0.05) is 13.0 Å². The smallest absolute Gasteiger partial charge is 0.214 e. The molecule has 6 heteroatoms. The van der Waals surface area contributed by atoms with E-state index in [1.54, 1.807) is 7.05 Å². The van der Waals surface area contributed by atoms with Crippen molar-refractivity contribution in [2.75, 3.05) is 24.3 Å². The number of thioether (sulfide) groups is 1. The molecule has 0 radical (unpaired) electrons. The molecule has 1 unspecified atom stereocenters. The molecule has 0 heterocycles. The molecule has 108 valence electrons. The highest BCUT2D eigenvalue weighted by Gasteiger charge is 2.21. The fraction of sp³-hybridized carbons (Fsp3) is 0.538. The molecule has 0 amide bonds. The van der Waals surface area contributed by atoms with Gasteiger partial charge in [-0.15, -0.1) is 11.8 Å². The zero-order valence-electron chi connectivity index (χ0n) is 11.7. The second kappa shape index (κ2) is 7.17. The van der Waals surface area contributed by atoms with Gasteiger partial charge in [0.1, 0.15) is 0 Å². The number of rotatable bonds is 7. The van der Waals surface area contributed by atoms with Crippen LogP contribution in [-0.2, 0) is 10.0 Å². The molecule has 0 aromatic heterocycles. The van der Waals surface area contributed by atoms with Crippen LogP contribution in [0.5, 0.6) is 0 Å². The molecule has 2 N–H and O–H groups in total. The largest absolute Gasteiger partial charge is 0.399 e. The second-order valence-electron chi connectivity index (χ2n) is 4.51. The van der Waals surface area contributed by atoms with Crippen LogP contribution in [0, 0.1) is 0 Å². The van der Waals surface area contributed by atoms with Crippen molar-refractivity contribution in [3.05, 3.63) is 24.3 Å². The fourth-order valence-corrected chi connectivity index (χ4v) is 4.34. The number of anilines is 1. The Morgan fingerprint density at radius 2 is 2.11 bits per heavy atom. The van der Waals surface area contributed by atoms with E-state index in [0.717, 1.165) is 11.3 Å². The molecule has 0 saturated carbocycles. The fourth-order valence-electron chi connectivity index (χ4n) is 1.54. The third kappa shape index (κ3) is 5.04. The van der Waals surface area contributed by atoms with Crippen LogP contribution in [-0.4, -0.2) is 37.3 Å². The van der Waals surface area contributed by atoms with E-state index in [2.05, 4.69) is 0 Å². The molecule has 1 aromatic rings. The van der Waals surface area contributed by atoms with Gasteiger partial charge < -0.3 is 5.73 Å². The van der Waals surface area contributed by atoms with Crippen LogP contribution in [0.2, 0.25) is 0 Å². The summed E-state index contributed by atoms with van der Waals surface area (Å²) in [6.45, 7) is 3.90. The highest BCUT2D eigenvalue weighted by atomic mass is 32.2. The van der Waals surface area contributed by atoms with E-state index >= 15 is 0 Å². The first-order chi connectivity index (χ1) is 8.86. The van der Waals surface area contributed by atoms with E-state index < -0.39 is 10.0 Å². The lowest BCUT2D eigenvalue weighted by molar-refractivity contribution is 0.381. The van der Waals surface area contributed by atoms with E-state index in [4.69, 9.17) is 5.73 Å². The first kappa shape index (κ1) is 16.3. The van der Waals surface area contributed by atoms with Crippen LogP contribution in [0.3, 0.4) is 0 Å². The summed E-state index contributed by atoms with van der Waals surface area (Å²) < 4.78 is 25.6. The average Bonchev–Trinajstić information content (AvgIpc) is 2.36. The van der Waals surface area contributed by atoms with E-state index in [-0.39, 0.29) is 11.8 Å². The summed E-state index contributed by atoms with van der Waals surface area (Å²) in [5.41, 5.74) is 6.38. The van der Waals surface area contributed by atoms with Gasteiger partial charge in [0, 0.05) is 29.4 Å². The molecule has 19 heavy (non-hydrogen) atoms. The van der Waals surface area contributed by atoms with E-state index in [1.165, 1.54) is 16.1 Å². The number of nitrogens with two attached hydrogens (primary N) is 1. The van der Waals surface area contributed by atoms with Crippen LogP contribution in [0.15, 0.2) is 29.2 Å². The molecule has 4 nitrogen and oxygen atoms in total. The average molecular weight is 302 g/mol. The normalized spacial score (nSPS) is 13.7. The van der Waals surface area contributed by atoms with E-state index in [1.807, 2.05) is 38.1 Å². The van der Waals surface area contributed by atoms with E-state index in [0.29, 0.717) is 11.4 Å². The monoisotopic (exact) mass is 302 g/mol.